The smallest absolute Gasteiger partial charge is 0.357 e. The zero-order valence-corrected chi connectivity index (χ0v) is 15.1. The Morgan fingerprint density at radius 3 is 2.29 bits per heavy atom. The molecule has 0 aromatic rings. The fraction of sp³-hybridized carbons (Fsp3) is 0.900. The van der Waals surface area contributed by atoms with E-state index in [9.17, 15) is 21.6 Å². The van der Waals surface area contributed by atoms with Gasteiger partial charge in [-0.05, 0) is 13.3 Å². The Bertz CT molecular complexity index is 402. The third-order valence-electron chi connectivity index (χ3n) is 2.01. The van der Waals surface area contributed by atoms with Crippen LogP contribution in [0, 0.1) is 0 Å². The maximum absolute atomic E-state index is 12.0. The van der Waals surface area contributed by atoms with Gasteiger partial charge in [0.2, 0.25) is 10.0 Å². The Hall–Kier alpha value is -0.300. The van der Waals surface area contributed by atoms with Crippen LogP contribution < -0.4 is 15.4 Å². The molecule has 0 radical (unpaired) electrons. The first kappa shape index (κ1) is 23.0. The van der Waals surface area contributed by atoms with Crippen LogP contribution in [0.4, 0.5) is 13.2 Å². The second kappa shape index (κ2) is 11.3. The molecule has 11 heteroatoms. The fourth-order valence-electron chi connectivity index (χ4n) is 1.19. The maximum atomic E-state index is 12.0. The molecule has 0 fully saturated rings. The average molecular weight is 446 g/mol. The van der Waals surface area contributed by atoms with Gasteiger partial charge in [-0.25, -0.2) is 13.1 Å². The van der Waals surface area contributed by atoms with Gasteiger partial charge in [0, 0.05) is 26.2 Å². The summed E-state index contributed by atoms with van der Waals surface area (Å²) in [6.45, 7) is 2.62. The molecule has 0 bridgehead atoms. The van der Waals surface area contributed by atoms with Gasteiger partial charge in [-0.15, -0.1) is 24.0 Å². The molecule has 0 aliphatic rings. The van der Waals surface area contributed by atoms with Crippen molar-refractivity contribution in [3.8, 4) is 0 Å². The number of nitrogens with one attached hydrogen (secondary N) is 3. The highest BCUT2D eigenvalue weighted by Gasteiger charge is 2.26. The van der Waals surface area contributed by atoms with Crippen molar-refractivity contribution in [3.05, 3.63) is 0 Å². The van der Waals surface area contributed by atoms with Gasteiger partial charge in [0.1, 0.15) is 0 Å². The SMILES string of the molecule is CCNC(=NCCCNS(C)(=O)=O)NCCC(F)(F)F.I. The minimum Gasteiger partial charge on any atom is -0.357 e. The molecule has 0 aliphatic heterocycles. The van der Waals surface area contributed by atoms with Gasteiger partial charge in [-0.1, -0.05) is 0 Å². The monoisotopic (exact) mass is 446 g/mol. The van der Waals surface area contributed by atoms with E-state index in [0.717, 1.165) is 6.26 Å². The standard InChI is InChI=1S/C10H21F3N4O2S.HI/c1-3-14-9(16-8-5-10(11,12)13)15-6-4-7-17-20(2,18)19;/h17H,3-8H2,1-2H3,(H2,14,15,16);1H. The molecule has 6 nitrogen and oxygen atoms in total. The van der Waals surface area contributed by atoms with Crippen LogP contribution in [-0.2, 0) is 10.0 Å². The van der Waals surface area contributed by atoms with Crippen molar-refractivity contribution in [2.75, 3.05) is 32.4 Å². The van der Waals surface area contributed by atoms with E-state index in [0.29, 0.717) is 19.5 Å². The maximum Gasteiger partial charge on any atom is 0.390 e. The molecule has 0 rings (SSSR count). The minimum atomic E-state index is -4.20. The lowest BCUT2D eigenvalue weighted by Crippen LogP contribution is -2.39. The first-order valence-corrected chi connectivity index (χ1v) is 8.07. The molecule has 0 atom stereocenters. The quantitative estimate of drug-likeness (QED) is 0.225. The summed E-state index contributed by atoms with van der Waals surface area (Å²) in [7, 11) is -3.22. The molecule has 21 heavy (non-hydrogen) atoms. The average Bonchev–Trinajstić information content (AvgIpc) is 2.25. The highest BCUT2D eigenvalue weighted by molar-refractivity contribution is 14.0. The predicted molar refractivity (Wildman–Crippen MR) is 87.5 cm³/mol. The molecular formula is C10H22F3IN4O2S. The normalized spacial score (nSPS) is 12.7. The number of halogens is 4. The number of guanidine groups is 1. The lowest BCUT2D eigenvalue weighted by atomic mass is 10.4. The molecule has 0 aliphatic carbocycles. The number of rotatable bonds is 8. The summed E-state index contributed by atoms with van der Waals surface area (Å²) in [4.78, 5) is 4.04. The Morgan fingerprint density at radius 1 is 1.19 bits per heavy atom. The lowest BCUT2D eigenvalue weighted by molar-refractivity contribution is -0.132. The summed E-state index contributed by atoms with van der Waals surface area (Å²) in [5.41, 5.74) is 0. The Kier molecular flexibility index (Phi) is 12.4. The number of hydrogen-bond acceptors (Lipinski definition) is 3. The van der Waals surface area contributed by atoms with E-state index in [4.69, 9.17) is 0 Å². The zero-order valence-electron chi connectivity index (χ0n) is 12.0. The summed E-state index contributed by atoms with van der Waals surface area (Å²) in [5.74, 6) is 0.288. The van der Waals surface area contributed by atoms with Crippen LogP contribution in [0.15, 0.2) is 4.99 Å². The van der Waals surface area contributed by atoms with Crippen LogP contribution in [0.25, 0.3) is 0 Å². The van der Waals surface area contributed by atoms with E-state index in [1.165, 1.54) is 0 Å². The molecule has 3 N–H and O–H groups in total. The number of nitrogens with zero attached hydrogens (tertiary/aromatic N) is 1. The Labute approximate surface area is 140 Å². The van der Waals surface area contributed by atoms with Gasteiger partial charge >= 0.3 is 6.18 Å². The van der Waals surface area contributed by atoms with Crippen molar-refractivity contribution in [1.82, 2.24) is 15.4 Å². The number of sulfonamides is 1. The molecule has 0 unspecified atom stereocenters. The molecule has 0 spiro atoms. The summed E-state index contributed by atoms with van der Waals surface area (Å²) < 4.78 is 59.9. The van der Waals surface area contributed by atoms with Crippen LogP contribution in [0.1, 0.15) is 19.8 Å². The Morgan fingerprint density at radius 2 is 1.81 bits per heavy atom. The van der Waals surface area contributed by atoms with Crippen molar-refractivity contribution >= 4 is 40.0 Å². The Balaban J connectivity index is 0. The van der Waals surface area contributed by atoms with Gasteiger partial charge < -0.3 is 10.6 Å². The molecule has 0 heterocycles. The van der Waals surface area contributed by atoms with Crippen LogP contribution >= 0.6 is 24.0 Å². The third kappa shape index (κ3) is 17.6. The zero-order chi connectivity index (χ0) is 15.6. The highest BCUT2D eigenvalue weighted by atomic mass is 127. The predicted octanol–water partition coefficient (Wildman–Crippen LogP) is 1.05. The summed E-state index contributed by atoms with van der Waals surface area (Å²) in [5, 5.41) is 5.37. The van der Waals surface area contributed by atoms with Gasteiger partial charge in [0.25, 0.3) is 0 Å². The first-order valence-electron chi connectivity index (χ1n) is 6.17. The van der Waals surface area contributed by atoms with Crippen molar-refractivity contribution in [1.29, 1.82) is 0 Å². The number of aliphatic imine (C=N–C) groups is 1. The lowest BCUT2D eigenvalue weighted by Gasteiger charge is -2.12. The van der Waals surface area contributed by atoms with Gasteiger partial charge in [-0.3, -0.25) is 4.99 Å². The topological polar surface area (TPSA) is 82.6 Å². The molecule has 0 amide bonds. The van der Waals surface area contributed by atoms with E-state index >= 15 is 0 Å². The van der Waals surface area contributed by atoms with Crippen LogP contribution in [0.5, 0.6) is 0 Å². The number of hydrogen-bond donors (Lipinski definition) is 3. The fourth-order valence-corrected chi connectivity index (χ4v) is 1.71. The van der Waals surface area contributed by atoms with E-state index in [-0.39, 0.29) is 43.0 Å². The second-order valence-electron chi connectivity index (χ2n) is 4.07. The first-order chi connectivity index (χ1) is 9.14. The van der Waals surface area contributed by atoms with Gasteiger partial charge in [-0.2, -0.15) is 13.2 Å². The van der Waals surface area contributed by atoms with Crippen LogP contribution in [0.3, 0.4) is 0 Å². The van der Waals surface area contributed by atoms with Gasteiger partial charge in [0.15, 0.2) is 5.96 Å². The molecule has 128 valence electrons. The summed E-state index contributed by atoms with van der Waals surface area (Å²) >= 11 is 0. The van der Waals surface area contributed by atoms with E-state index < -0.39 is 22.6 Å². The van der Waals surface area contributed by atoms with Crippen molar-refractivity contribution in [3.63, 3.8) is 0 Å². The van der Waals surface area contributed by atoms with E-state index in [2.05, 4.69) is 20.3 Å². The van der Waals surface area contributed by atoms with E-state index in [1.807, 2.05) is 0 Å². The van der Waals surface area contributed by atoms with Crippen LogP contribution in [-0.4, -0.2) is 53.0 Å². The molecule has 0 saturated heterocycles. The number of alkyl halides is 3. The van der Waals surface area contributed by atoms with Crippen molar-refractivity contribution in [2.24, 2.45) is 4.99 Å². The van der Waals surface area contributed by atoms with Crippen molar-refractivity contribution < 1.29 is 21.6 Å². The second-order valence-corrected chi connectivity index (χ2v) is 5.91. The molecule has 0 aromatic heterocycles. The van der Waals surface area contributed by atoms with Gasteiger partial charge in [0.05, 0.1) is 12.7 Å². The minimum absolute atomic E-state index is 0. The van der Waals surface area contributed by atoms with Crippen molar-refractivity contribution in [2.45, 2.75) is 25.9 Å². The molecular weight excluding hydrogens is 424 g/mol. The largest absolute Gasteiger partial charge is 0.390 e. The highest BCUT2D eigenvalue weighted by Crippen LogP contribution is 2.17. The third-order valence-corrected chi connectivity index (χ3v) is 2.74. The molecule has 0 saturated carbocycles. The summed E-state index contributed by atoms with van der Waals surface area (Å²) in [6, 6.07) is 0. The molecule has 0 aromatic carbocycles. The van der Waals surface area contributed by atoms with Crippen LogP contribution in [0.2, 0.25) is 0 Å². The van der Waals surface area contributed by atoms with E-state index in [1.54, 1.807) is 6.92 Å². The summed E-state index contributed by atoms with van der Waals surface area (Å²) in [6.07, 6.45) is -3.63.